The Morgan fingerprint density at radius 3 is 2.71 bits per heavy atom. The highest BCUT2D eigenvalue weighted by atomic mass is 16.4. The van der Waals surface area contributed by atoms with Gasteiger partial charge in [0.1, 0.15) is 0 Å². The number of aromatic carboxylic acids is 1. The van der Waals surface area contributed by atoms with Gasteiger partial charge in [-0.2, -0.15) is 0 Å². The van der Waals surface area contributed by atoms with Crippen LogP contribution in [-0.4, -0.2) is 26.0 Å². The zero-order valence-corrected chi connectivity index (χ0v) is 8.87. The third kappa shape index (κ3) is 2.75. The average Bonchev–Trinajstić information content (AvgIpc) is 2.38. The molecule has 6 nitrogen and oxygen atoms in total. The van der Waals surface area contributed by atoms with Gasteiger partial charge in [-0.25, -0.2) is 14.8 Å². The van der Waals surface area contributed by atoms with Crippen molar-refractivity contribution in [1.82, 2.24) is 15.0 Å². The van der Waals surface area contributed by atoms with Crippen LogP contribution in [0.2, 0.25) is 0 Å². The Morgan fingerprint density at radius 2 is 2.00 bits per heavy atom. The maximum atomic E-state index is 10.9. The third-order valence-electron chi connectivity index (χ3n) is 2.06. The van der Waals surface area contributed by atoms with Crippen molar-refractivity contribution in [2.24, 2.45) is 0 Å². The number of nitrogens with one attached hydrogen (secondary N) is 1. The number of aromatic nitrogens is 3. The molecule has 0 atom stereocenters. The van der Waals surface area contributed by atoms with Crippen LogP contribution in [0.15, 0.2) is 36.8 Å². The molecule has 6 heteroatoms. The predicted octanol–water partition coefficient (Wildman–Crippen LogP) is 1.18. The van der Waals surface area contributed by atoms with Gasteiger partial charge in [-0.3, -0.25) is 4.98 Å². The van der Waals surface area contributed by atoms with Crippen LogP contribution in [0.5, 0.6) is 0 Å². The van der Waals surface area contributed by atoms with Gasteiger partial charge < -0.3 is 10.4 Å². The third-order valence-corrected chi connectivity index (χ3v) is 2.06. The number of carbonyl (C=O) groups is 1. The molecule has 0 aliphatic carbocycles. The van der Waals surface area contributed by atoms with E-state index in [9.17, 15) is 4.79 Å². The van der Waals surface area contributed by atoms with Gasteiger partial charge in [0.2, 0.25) is 0 Å². The van der Waals surface area contributed by atoms with E-state index in [0.717, 1.165) is 5.69 Å². The van der Waals surface area contributed by atoms with Gasteiger partial charge in [0.25, 0.3) is 0 Å². The molecular weight excluding hydrogens is 220 g/mol. The molecule has 0 bridgehead atoms. The first-order valence-electron chi connectivity index (χ1n) is 4.95. The SMILES string of the molecule is O=C(O)c1nccnc1NCc1ccccn1. The fourth-order valence-electron chi connectivity index (χ4n) is 1.30. The zero-order valence-electron chi connectivity index (χ0n) is 8.87. The van der Waals surface area contributed by atoms with Crippen LogP contribution in [0.3, 0.4) is 0 Å². The Kier molecular flexibility index (Phi) is 3.25. The summed E-state index contributed by atoms with van der Waals surface area (Å²) in [4.78, 5) is 22.7. The fraction of sp³-hybridized carbons (Fsp3) is 0.0909. The second-order valence-electron chi connectivity index (χ2n) is 3.23. The van der Waals surface area contributed by atoms with E-state index in [-0.39, 0.29) is 11.5 Å². The molecule has 0 fully saturated rings. The molecule has 2 aromatic heterocycles. The Bertz CT molecular complexity index is 516. The molecule has 2 rings (SSSR count). The number of nitrogens with zero attached hydrogens (tertiary/aromatic N) is 3. The van der Waals surface area contributed by atoms with Gasteiger partial charge in [-0.15, -0.1) is 0 Å². The lowest BCUT2D eigenvalue weighted by Crippen LogP contribution is -2.10. The molecule has 0 amide bonds. The average molecular weight is 230 g/mol. The van der Waals surface area contributed by atoms with Crippen LogP contribution < -0.4 is 5.32 Å². The molecule has 0 unspecified atom stereocenters. The van der Waals surface area contributed by atoms with Crippen LogP contribution in [-0.2, 0) is 6.54 Å². The van der Waals surface area contributed by atoms with Crippen molar-refractivity contribution >= 4 is 11.8 Å². The molecule has 0 aliphatic rings. The molecule has 0 spiro atoms. The molecule has 0 aromatic carbocycles. The van der Waals surface area contributed by atoms with Gasteiger partial charge >= 0.3 is 5.97 Å². The summed E-state index contributed by atoms with van der Waals surface area (Å²) in [6.07, 6.45) is 4.45. The summed E-state index contributed by atoms with van der Waals surface area (Å²) in [6, 6.07) is 5.51. The highest BCUT2D eigenvalue weighted by molar-refractivity contribution is 5.90. The maximum Gasteiger partial charge on any atom is 0.358 e. The van der Waals surface area contributed by atoms with E-state index >= 15 is 0 Å². The molecule has 0 saturated carbocycles. The number of pyridine rings is 1. The van der Waals surface area contributed by atoms with Crippen LogP contribution in [0.4, 0.5) is 5.82 Å². The second-order valence-corrected chi connectivity index (χ2v) is 3.23. The lowest BCUT2D eigenvalue weighted by molar-refractivity contribution is 0.0691. The number of hydrogen-bond donors (Lipinski definition) is 2. The van der Waals surface area contributed by atoms with Crippen molar-refractivity contribution in [2.45, 2.75) is 6.54 Å². The fourth-order valence-corrected chi connectivity index (χ4v) is 1.30. The van der Waals surface area contributed by atoms with E-state index in [0.29, 0.717) is 6.54 Å². The minimum Gasteiger partial charge on any atom is -0.476 e. The topological polar surface area (TPSA) is 88.0 Å². The van der Waals surface area contributed by atoms with Crippen LogP contribution >= 0.6 is 0 Å². The van der Waals surface area contributed by atoms with Crippen molar-refractivity contribution in [3.63, 3.8) is 0 Å². The van der Waals surface area contributed by atoms with Gasteiger partial charge in [0.15, 0.2) is 11.5 Å². The minimum atomic E-state index is -1.11. The summed E-state index contributed by atoms with van der Waals surface area (Å²) in [5, 5.41) is 11.8. The summed E-state index contributed by atoms with van der Waals surface area (Å²) in [5.74, 6) is -0.868. The Morgan fingerprint density at radius 1 is 1.18 bits per heavy atom. The molecule has 0 aliphatic heterocycles. The number of rotatable bonds is 4. The van der Waals surface area contributed by atoms with E-state index in [1.807, 2.05) is 18.2 Å². The van der Waals surface area contributed by atoms with Gasteiger partial charge in [0.05, 0.1) is 12.2 Å². The highest BCUT2D eigenvalue weighted by Crippen LogP contribution is 2.09. The maximum absolute atomic E-state index is 10.9. The van der Waals surface area contributed by atoms with E-state index in [1.54, 1.807) is 6.20 Å². The lowest BCUT2D eigenvalue weighted by atomic mass is 10.3. The molecule has 86 valence electrons. The standard InChI is InChI=1S/C11H10N4O2/c16-11(17)9-10(14-6-5-13-9)15-7-8-3-1-2-4-12-8/h1-6H,7H2,(H,14,15)(H,16,17). The quantitative estimate of drug-likeness (QED) is 0.820. The van der Waals surface area contributed by atoms with E-state index in [2.05, 4.69) is 20.3 Å². The van der Waals surface area contributed by atoms with Crippen molar-refractivity contribution in [1.29, 1.82) is 0 Å². The van der Waals surface area contributed by atoms with Gasteiger partial charge in [-0.05, 0) is 12.1 Å². The van der Waals surface area contributed by atoms with Crippen molar-refractivity contribution in [3.05, 3.63) is 48.2 Å². The molecule has 0 saturated heterocycles. The Hall–Kier alpha value is -2.50. The molecule has 17 heavy (non-hydrogen) atoms. The number of carboxylic acids is 1. The monoisotopic (exact) mass is 230 g/mol. The zero-order chi connectivity index (χ0) is 12.1. The molecule has 0 radical (unpaired) electrons. The van der Waals surface area contributed by atoms with Crippen LogP contribution in [0, 0.1) is 0 Å². The van der Waals surface area contributed by atoms with E-state index < -0.39 is 5.97 Å². The first-order chi connectivity index (χ1) is 8.27. The van der Waals surface area contributed by atoms with E-state index in [1.165, 1.54) is 12.4 Å². The van der Waals surface area contributed by atoms with Gasteiger partial charge in [-0.1, -0.05) is 6.07 Å². The first-order valence-corrected chi connectivity index (χ1v) is 4.95. The van der Waals surface area contributed by atoms with Gasteiger partial charge in [0, 0.05) is 18.6 Å². The Balaban J connectivity index is 2.12. The molecule has 2 heterocycles. The largest absolute Gasteiger partial charge is 0.476 e. The number of anilines is 1. The van der Waals surface area contributed by atoms with E-state index in [4.69, 9.17) is 5.11 Å². The second kappa shape index (κ2) is 5.02. The molecule has 2 aromatic rings. The van der Waals surface area contributed by atoms with Crippen molar-refractivity contribution in [2.75, 3.05) is 5.32 Å². The van der Waals surface area contributed by atoms with Crippen molar-refractivity contribution in [3.8, 4) is 0 Å². The smallest absolute Gasteiger partial charge is 0.358 e. The van der Waals surface area contributed by atoms with Crippen molar-refractivity contribution < 1.29 is 9.90 Å². The predicted molar refractivity (Wildman–Crippen MR) is 60.6 cm³/mol. The summed E-state index contributed by atoms with van der Waals surface area (Å²) in [6.45, 7) is 0.403. The summed E-state index contributed by atoms with van der Waals surface area (Å²) >= 11 is 0. The number of hydrogen-bond acceptors (Lipinski definition) is 5. The summed E-state index contributed by atoms with van der Waals surface area (Å²) in [5.41, 5.74) is 0.706. The van der Waals surface area contributed by atoms with Crippen LogP contribution in [0.1, 0.15) is 16.2 Å². The minimum absolute atomic E-state index is 0.0940. The molecular formula is C11H10N4O2. The normalized spacial score (nSPS) is 9.88. The first kappa shape index (κ1) is 11.0. The number of carboxylic acid groups (broad SMARTS) is 1. The highest BCUT2D eigenvalue weighted by Gasteiger charge is 2.11. The summed E-state index contributed by atoms with van der Waals surface area (Å²) < 4.78 is 0. The van der Waals surface area contributed by atoms with Crippen LogP contribution in [0.25, 0.3) is 0 Å². The molecule has 2 N–H and O–H groups in total. The summed E-state index contributed by atoms with van der Waals surface area (Å²) in [7, 11) is 0. The lowest BCUT2D eigenvalue weighted by Gasteiger charge is -2.06. The Labute approximate surface area is 97.4 Å².